The standard InChI is InChI=1S/C15H16ClF2NOS/c1-9(11-7-14(16)21-8-11)19-10(2)12-5-3-4-6-13(12)20-15(17)18/h3-10,15,19H,1-2H3. The number of halogens is 3. The topological polar surface area (TPSA) is 21.3 Å². The van der Waals surface area contributed by atoms with E-state index in [0.29, 0.717) is 5.56 Å². The van der Waals surface area contributed by atoms with Gasteiger partial charge in [0.25, 0.3) is 0 Å². The molecule has 2 nitrogen and oxygen atoms in total. The lowest BCUT2D eigenvalue weighted by molar-refractivity contribution is -0.0506. The molecule has 21 heavy (non-hydrogen) atoms. The van der Waals surface area contributed by atoms with Crippen LogP contribution in [0.3, 0.4) is 0 Å². The molecule has 2 atom stereocenters. The van der Waals surface area contributed by atoms with Gasteiger partial charge in [-0.15, -0.1) is 11.3 Å². The summed E-state index contributed by atoms with van der Waals surface area (Å²) in [4.78, 5) is 0. The van der Waals surface area contributed by atoms with Crippen LogP contribution in [0.5, 0.6) is 5.75 Å². The summed E-state index contributed by atoms with van der Waals surface area (Å²) in [7, 11) is 0. The molecule has 1 aromatic carbocycles. The van der Waals surface area contributed by atoms with Crippen molar-refractivity contribution in [3.8, 4) is 5.75 Å². The second-order valence-corrected chi connectivity index (χ2v) is 6.25. The molecule has 0 amide bonds. The first-order valence-electron chi connectivity index (χ1n) is 6.51. The molecule has 0 aliphatic carbocycles. The Labute approximate surface area is 131 Å². The summed E-state index contributed by atoms with van der Waals surface area (Å²) in [5.41, 5.74) is 1.77. The number of ether oxygens (including phenoxy) is 1. The van der Waals surface area contributed by atoms with Crippen molar-refractivity contribution in [1.29, 1.82) is 0 Å². The van der Waals surface area contributed by atoms with Crippen LogP contribution in [0.1, 0.15) is 37.1 Å². The summed E-state index contributed by atoms with van der Waals surface area (Å²) in [5, 5.41) is 5.34. The number of nitrogens with one attached hydrogen (secondary N) is 1. The molecule has 0 radical (unpaired) electrons. The maximum Gasteiger partial charge on any atom is 0.387 e. The highest BCUT2D eigenvalue weighted by Gasteiger charge is 2.17. The number of benzene rings is 1. The molecule has 0 saturated carbocycles. The normalized spacial score (nSPS) is 14.2. The van der Waals surface area contributed by atoms with Gasteiger partial charge in [0, 0.05) is 17.6 Å². The van der Waals surface area contributed by atoms with Gasteiger partial charge in [-0.1, -0.05) is 29.8 Å². The van der Waals surface area contributed by atoms with Crippen LogP contribution in [-0.4, -0.2) is 6.61 Å². The second-order valence-electron chi connectivity index (χ2n) is 4.71. The van der Waals surface area contributed by atoms with E-state index in [9.17, 15) is 8.78 Å². The van der Waals surface area contributed by atoms with E-state index in [2.05, 4.69) is 10.1 Å². The van der Waals surface area contributed by atoms with E-state index in [-0.39, 0.29) is 17.8 Å². The minimum absolute atomic E-state index is 0.0587. The van der Waals surface area contributed by atoms with Crippen LogP contribution in [-0.2, 0) is 0 Å². The van der Waals surface area contributed by atoms with Crippen LogP contribution < -0.4 is 10.1 Å². The van der Waals surface area contributed by atoms with Crippen molar-refractivity contribution in [3.05, 3.63) is 51.2 Å². The van der Waals surface area contributed by atoms with Crippen molar-refractivity contribution in [3.63, 3.8) is 0 Å². The lowest BCUT2D eigenvalue weighted by Crippen LogP contribution is -2.23. The number of para-hydroxylation sites is 1. The van der Waals surface area contributed by atoms with Gasteiger partial charge in [0.1, 0.15) is 5.75 Å². The zero-order valence-corrected chi connectivity index (χ0v) is 13.2. The highest BCUT2D eigenvalue weighted by Crippen LogP contribution is 2.30. The molecule has 1 aromatic heterocycles. The Kier molecular flexibility index (Phi) is 5.56. The lowest BCUT2D eigenvalue weighted by atomic mass is 10.0. The minimum atomic E-state index is -2.83. The summed E-state index contributed by atoms with van der Waals surface area (Å²) in [6.07, 6.45) is 0. The molecule has 0 fully saturated rings. The average Bonchev–Trinajstić information content (AvgIpc) is 2.85. The molecule has 0 aliphatic rings. The minimum Gasteiger partial charge on any atom is -0.434 e. The van der Waals surface area contributed by atoms with Crippen LogP contribution in [0.25, 0.3) is 0 Å². The van der Waals surface area contributed by atoms with Gasteiger partial charge >= 0.3 is 6.61 Å². The average molecular weight is 332 g/mol. The molecular weight excluding hydrogens is 316 g/mol. The van der Waals surface area contributed by atoms with Gasteiger partial charge in [-0.2, -0.15) is 8.78 Å². The van der Waals surface area contributed by atoms with E-state index in [4.69, 9.17) is 11.6 Å². The van der Waals surface area contributed by atoms with E-state index in [1.165, 1.54) is 11.3 Å². The van der Waals surface area contributed by atoms with Gasteiger partial charge in [0.05, 0.1) is 4.34 Å². The number of thiophene rings is 1. The first-order chi connectivity index (χ1) is 9.97. The highest BCUT2D eigenvalue weighted by atomic mass is 35.5. The monoisotopic (exact) mass is 331 g/mol. The largest absolute Gasteiger partial charge is 0.434 e. The first-order valence-corrected chi connectivity index (χ1v) is 7.77. The van der Waals surface area contributed by atoms with Crippen molar-refractivity contribution < 1.29 is 13.5 Å². The molecule has 1 heterocycles. The van der Waals surface area contributed by atoms with Crippen molar-refractivity contribution in [2.24, 2.45) is 0 Å². The summed E-state index contributed by atoms with van der Waals surface area (Å²) >= 11 is 7.40. The smallest absolute Gasteiger partial charge is 0.387 e. The maximum absolute atomic E-state index is 12.4. The predicted octanol–water partition coefficient (Wildman–Crippen LogP) is 5.41. The number of hydrogen-bond donors (Lipinski definition) is 1. The Morgan fingerprint density at radius 3 is 2.52 bits per heavy atom. The highest BCUT2D eigenvalue weighted by molar-refractivity contribution is 7.14. The summed E-state index contributed by atoms with van der Waals surface area (Å²) in [6, 6.07) is 8.64. The molecule has 0 spiro atoms. The third kappa shape index (κ3) is 4.40. The van der Waals surface area contributed by atoms with Crippen LogP contribution in [0.2, 0.25) is 4.34 Å². The Morgan fingerprint density at radius 2 is 1.90 bits per heavy atom. The van der Waals surface area contributed by atoms with Crippen LogP contribution in [0.15, 0.2) is 35.7 Å². The van der Waals surface area contributed by atoms with Crippen LogP contribution in [0, 0.1) is 0 Å². The van der Waals surface area contributed by atoms with Crippen molar-refractivity contribution >= 4 is 22.9 Å². The maximum atomic E-state index is 12.4. The van der Waals surface area contributed by atoms with Crippen molar-refractivity contribution in [2.45, 2.75) is 32.5 Å². The summed E-state index contributed by atoms with van der Waals surface area (Å²) in [5.74, 6) is 0.197. The molecule has 6 heteroatoms. The van der Waals surface area contributed by atoms with Gasteiger partial charge in [-0.3, -0.25) is 0 Å². The Hall–Kier alpha value is -1.17. The Morgan fingerprint density at radius 1 is 1.19 bits per heavy atom. The fourth-order valence-corrected chi connectivity index (χ4v) is 3.14. The third-order valence-electron chi connectivity index (χ3n) is 3.19. The van der Waals surface area contributed by atoms with Crippen molar-refractivity contribution in [1.82, 2.24) is 5.32 Å². The molecule has 0 saturated heterocycles. The number of alkyl halides is 2. The number of rotatable bonds is 6. The fourth-order valence-electron chi connectivity index (χ4n) is 2.15. The molecule has 1 N–H and O–H groups in total. The molecule has 0 bridgehead atoms. The predicted molar refractivity (Wildman–Crippen MR) is 82.4 cm³/mol. The van der Waals surface area contributed by atoms with E-state index in [1.807, 2.05) is 25.3 Å². The molecular formula is C15H16ClF2NOS. The van der Waals surface area contributed by atoms with E-state index in [0.717, 1.165) is 9.90 Å². The van der Waals surface area contributed by atoms with Crippen molar-refractivity contribution in [2.75, 3.05) is 0 Å². The SMILES string of the molecule is CC(NC(C)c1ccccc1OC(F)F)c1csc(Cl)c1. The lowest BCUT2D eigenvalue weighted by Gasteiger charge is -2.22. The fraction of sp³-hybridized carbons (Fsp3) is 0.333. The zero-order chi connectivity index (χ0) is 15.4. The molecule has 2 rings (SSSR count). The van der Waals surface area contributed by atoms with Gasteiger partial charge in [0.2, 0.25) is 0 Å². The third-order valence-corrected chi connectivity index (χ3v) is 4.30. The van der Waals surface area contributed by atoms with Crippen LogP contribution >= 0.6 is 22.9 Å². The molecule has 2 unspecified atom stereocenters. The zero-order valence-electron chi connectivity index (χ0n) is 11.6. The van der Waals surface area contributed by atoms with Gasteiger partial charge in [-0.05, 0) is 36.9 Å². The summed E-state index contributed by atoms with van der Waals surface area (Å²) < 4.78 is 30.2. The van der Waals surface area contributed by atoms with Crippen LogP contribution in [0.4, 0.5) is 8.78 Å². The molecule has 2 aromatic rings. The molecule has 114 valence electrons. The van der Waals surface area contributed by atoms with E-state index < -0.39 is 6.61 Å². The van der Waals surface area contributed by atoms with Gasteiger partial charge in [-0.25, -0.2) is 0 Å². The number of hydrogen-bond acceptors (Lipinski definition) is 3. The summed E-state index contributed by atoms with van der Waals surface area (Å²) in [6.45, 7) is 1.09. The molecule has 0 aliphatic heterocycles. The first kappa shape index (κ1) is 16.2. The second kappa shape index (κ2) is 7.20. The Balaban J connectivity index is 2.11. The van der Waals surface area contributed by atoms with E-state index in [1.54, 1.807) is 24.3 Å². The van der Waals surface area contributed by atoms with Gasteiger partial charge < -0.3 is 10.1 Å². The van der Waals surface area contributed by atoms with E-state index >= 15 is 0 Å². The van der Waals surface area contributed by atoms with Gasteiger partial charge in [0.15, 0.2) is 0 Å². The Bertz CT molecular complexity index is 591. The quantitative estimate of drug-likeness (QED) is 0.763.